The summed E-state index contributed by atoms with van der Waals surface area (Å²) in [6.45, 7) is 7.31. The zero-order valence-corrected chi connectivity index (χ0v) is 12.0. The fraction of sp³-hybridized carbons (Fsp3) is 0.692. The van der Waals surface area contributed by atoms with Gasteiger partial charge in [0.2, 0.25) is 0 Å². The number of esters is 1. The predicted octanol–water partition coefficient (Wildman–Crippen LogP) is 3.23. The number of thiazole rings is 1. The normalized spacial score (nSPS) is 17.1. The average Bonchev–Trinajstić information content (AvgIpc) is 2.66. The Bertz CT molecular complexity index is 438. The van der Waals surface area contributed by atoms with E-state index in [1.54, 1.807) is 6.92 Å². The molecule has 1 saturated carbocycles. The number of rotatable bonds is 5. The molecule has 4 nitrogen and oxygen atoms in total. The number of nitrogens with zero attached hydrogens (tertiary/aromatic N) is 1. The van der Waals surface area contributed by atoms with Gasteiger partial charge in [-0.15, -0.1) is 11.3 Å². The highest BCUT2D eigenvalue weighted by molar-refractivity contribution is 7.15. The molecule has 1 aliphatic rings. The topological polar surface area (TPSA) is 51.2 Å². The van der Waals surface area contributed by atoms with Crippen molar-refractivity contribution in [1.29, 1.82) is 0 Å². The summed E-state index contributed by atoms with van der Waals surface area (Å²) in [5.74, 6) is -0.325. The fourth-order valence-corrected chi connectivity index (χ4v) is 2.90. The lowest BCUT2D eigenvalue weighted by molar-refractivity contribution is 0.0519. The maximum absolute atomic E-state index is 11.6. The molecular formula is C13H20N2O2S. The molecule has 18 heavy (non-hydrogen) atoms. The number of hydrogen-bond donors (Lipinski definition) is 1. The molecule has 0 bridgehead atoms. The van der Waals surface area contributed by atoms with E-state index in [0.29, 0.717) is 17.7 Å². The van der Waals surface area contributed by atoms with Gasteiger partial charge in [-0.05, 0) is 32.1 Å². The van der Waals surface area contributed by atoms with Crippen molar-refractivity contribution in [3.8, 4) is 0 Å². The van der Waals surface area contributed by atoms with Gasteiger partial charge in [-0.1, -0.05) is 13.3 Å². The third kappa shape index (κ3) is 2.83. The lowest BCUT2D eigenvalue weighted by Crippen LogP contribution is -2.33. The van der Waals surface area contributed by atoms with E-state index in [4.69, 9.17) is 4.74 Å². The van der Waals surface area contributed by atoms with E-state index >= 15 is 0 Å². The van der Waals surface area contributed by atoms with Crippen LogP contribution in [-0.4, -0.2) is 24.1 Å². The molecule has 100 valence electrons. The molecule has 5 heteroatoms. The lowest BCUT2D eigenvalue weighted by Gasteiger charge is -2.38. The first kappa shape index (κ1) is 13.3. The standard InChI is InChI=1S/C13H20N2O2S/c1-4-17-11(16)10-9(2)18-12(15-10)14-8-13(3)6-5-7-13/h4-8H2,1-3H3,(H,14,15). The molecule has 0 unspecified atom stereocenters. The third-order valence-corrected chi connectivity index (χ3v) is 4.42. The van der Waals surface area contributed by atoms with Crippen LogP contribution in [0, 0.1) is 12.3 Å². The van der Waals surface area contributed by atoms with Crippen LogP contribution in [0.2, 0.25) is 0 Å². The minimum Gasteiger partial charge on any atom is -0.461 e. The molecule has 0 aromatic carbocycles. The number of ether oxygens (including phenoxy) is 1. The van der Waals surface area contributed by atoms with Gasteiger partial charge in [0.05, 0.1) is 6.61 Å². The first-order valence-corrected chi connectivity index (χ1v) is 7.24. The van der Waals surface area contributed by atoms with E-state index in [0.717, 1.165) is 16.6 Å². The van der Waals surface area contributed by atoms with Crippen molar-refractivity contribution in [2.45, 2.75) is 40.0 Å². The Morgan fingerprint density at radius 2 is 2.28 bits per heavy atom. The summed E-state index contributed by atoms with van der Waals surface area (Å²) in [5.41, 5.74) is 0.854. The van der Waals surface area contributed by atoms with Gasteiger partial charge in [-0.25, -0.2) is 9.78 Å². The molecule has 0 radical (unpaired) electrons. The van der Waals surface area contributed by atoms with Crippen molar-refractivity contribution in [3.63, 3.8) is 0 Å². The Hall–Kier alpha value is -1.10. The zero-order chi connectivity index (χ0) is 13.2. The highest BCUT2D eigenvalue weighted by Crippen LogP contribution is 2.40. The Balaban J connectivity index is 1.97. The maximum Gasteiger partial charge on any atom is 0.358 e. The second kappa shape index (κ2) is 5.26. The lowest BCUT2D eigenvalue weighted by atomic mass is 9.70. The smallest absolute Gasteiger partial charge is 0.358 e. The Morgan fingerprint density at radius 3 is 2.83 bits per heavy atom. The molecule has 2 rings (SSSR count). The van der Waals surface area contributed by atoms with Crippen molar-refractivity contribution in [2.75, 3.05) is 18.5 Å². The largest absolute Gasteiger partial charge is 0.461 e. The average molecular weight is 268 g/mol. The molecule has 0 spiro atoms. The van der Waals surface area contributed by atoms with Crippen LogP contribution in [0.5, 0.6) is 0 Å². The second-order valence-corrected chi connectivity index (χ2v) is 6.37. The zero-order valence-electron chi connectivity index (χ0n) is 11.2. The molecule has 1 aliphatic carbocycles. The van der Waals surface area contributed by atoms with E-state index in [1.807, 2.05) is 6.92 Å². The van der Waals surface area contributed by atoms with Gasteiger partial charge in [0.25, 0.3) is 0 Å². The summed E-state index contributed by atoms with van der Waals surface area (Å²) in [5, 5.41) is 4.17. The van der Waals surface area contributed by atoms with E-state index in [2.05, 4.69) is 17.2 Å². The summed E-state index contributed by atoms with van der Waals surface area (Å²) in [6, 6.07) is 0. The molecular weight excluding hydrogens is 248 g/mol. The van der Waals surface area contributed by atoms with Crippen LogP contribution in [0.3, 0.4) is 0 Å². The number of carbonyl (C=O) groups excluding carboxylic acids is 1. The quantitative estimate of drug-likeness (QED) is 0.833. The first-order valence-electron chi connectivity index (χ1n) is 6.42. The first-order chi connectivity index (χ1) is 8.54. The fourth-order valence-electron chi connectivity index (χ4n) is 2.11. The summed E-state index contributed by atoms with van der Waals surface area (Å²) < 4.78 is 4.98. The van der Waals surface area contributed by atoms with Crippen LogP contribution in [0.4, 0.5) is 5.13 Å². The summed E-state index contributed by atoms with van der Waals surface area (Å²) in [7, 11) is 0. The van der Waals surface area contributed by atoms with Gasteiger partial charge in [-0.3, -0.25) is 0 Å². The van der Waals surface area contributed by atoms with E-state index in [1.165, 1.54) is 30.6 Å². The molecule has 1 fully saturated rings. The number of carbonyl (C=O) groups is 1. The maximum atomic E-state index is 11.6. The molecule has 1 heterocycles. The van der Waals surface area contributed by atoms with Crippen molar-refractivity contribution in [1.82, 2.24) is 4.98 Å². The number of nitrogens with one attached hydrogen (secondary N) is 1. The highest BCUT2D eigenvalue weighted by atomic mass is 32.1. The molecule has 0 atom stereocenters. The highest BCUT2D eigenvalue weighted by Gasteiger charge is 2.31. The number of aromatic nitrogens is 1. The van der Waals surface area contributed by atoms with E-state index in [9.17, 15) is 4.79 Å². The van der Waals surface area contributed by atoms with Gasteiger partial charge in [0.15, 0.2) is 10.8 Å². The summed E-state index contributed by atoms with van der Waals surface area (Å²) >= 11 is 1.52. The molecule has 0 saturated heterocycles. The molecule has 1 N–H and O–H groups in total. The molecule has 0 aliphatic heterocycles. The third-order valence-electron chi connectivity index (χ3n) is 3.49. The van der Waals surface area contributed by atoms with Crippen molar-refractivity contribution in [2.24, 2.45) is 5.41 Å². The SMILES string of the molecule is CCOC(=O)c1nc(NCC2(C)CCC2)sc1C. The van der Waals surface area contributed by atoms with Crippen LogP contribution >= 0.6 is 11.3 Å². The van der Waals surface area contributed by atoms with Crippen LogP contribution in [0.1, 0.15) is 48.5 Å². The van der Waals surface area contributed by atoms with Gasteiger partial charge < -0.3 is 10.1 Å². The van der Waals surface area contributed by atoms with Crippen molar-refractivity contribution in [3.05, 3.63) is 10.6 Å². The van der Waals surface area contributed by atoms with Gasteiger partial charge in [0, 0.05) is 11.4 Å². The van der Waals surface area contributed by atoms with Crippen LogP contribution in [0.25, 0.3) is 0 Å². The minimum absolute atomic E-state index is 0.325. The Labute approximate surface area is 112 Å². The number of aryl methyl sites for hydroxylation is 1. The van der Waals surface area contributed by atoms with Crippen molar-refractivity contribution >= 4 is 22.4 Å². The second-order valence-electron chi connectivity index (χ2n) is 5.16. The van der Waals surface area contributed by atoms with E-state index < -0.39 is 0 Å². The van der Waals surface area contributed by atoms with Crippen LogP contribution in [-0.2, 0) is 4.74 Å². The monoisotopic (exact) mass is 268 g/mol. The minimum atomic E-state index is -0.325. The van der Waals surface area contributed by atoms with Gasteiger partial charge >= 0.3 is 5.97 Å². The molecule has 1 aromatic heterocycles. The summed E-state index contributed by atoms with van der Waals surface area (Å²) in [4.78, 5) is 16.9. The Kier molecular flexibility index (Phi) is 3.90. The summed E-state index contributed by atoms with van der Waals surface area (Å²) in [6.07, 6.45) is 3.87. The van der Waals surface area contributed by atoms with Crippen LogP contribution in [0.15, 0.2) is 0 Å². The van der Waals surface area contributed by atoms with Gasteiger partial charge in [-0.2, -0.15) is 0 Å². The number of anilines is 1. The molecule has 0 amide bonds. The molecule has 1 aromatic rings. The van der Waals surface area contributed by atoms with Crippen molar-refractivity contribution < 1.29 is 9.53 Å². The number of hydrogen-bond acceptors (Lipinski definition) is 5. The van der Waals surface area contributed by atoms with Gasteiger partial charge in [0.1, 0.15) is 0 Å². The Morgan fingerprint density at radius 1 is 1.56 bits per heavy atom. The predicted molar refractivity (Wildman–Crippen MR) is 73.3 cm³/mol. The van der Waals surface area contributed by atoms with E-state index in [-0.39, 0.29) is 5.97 Å². The van der Waals surface area contributed by atoms with Crippen LogP contribution < -0.4 is 5.32 Å².